The number of hydrogen-bond acceptors (Lipinski definition) is 4. The SMILES string of the molecule is COC(C)C(Cc1cnn(C)c1)NN. The van der Waals surface area contributed by atoms with Crippen LogP contribution in [-0.2, 0) is 18.2 Å². The third kappa shape index (κ3) is 2.80. The minimum absolute atomic E-state index is 0.0835. The lowest BCUT2D eigenvalue weighted by atomic mass is 10.1. The quantitative estimate of drug-likeness (QED) is 0.509. The highest BCUT2D eigenvalue weighted by atomic mass is 16.5. The van der Waals surface area contributed by atoms with Crippen molar-refractivity contribution in [2.75, 3.05) is 7.11 Å². The molecule has 1 heterocycles. The van der Waals surface area contributed by atoms with Crippen molar-refractivity contribution in [3.63, 3.8) is 0 Å². The Morgan fingerprint density at radius 3 is 2.86 bits per heavy atom. The molecule has 0 aliphatic heterocycles. The van der Waals surface area contributed by atoms with E-state index in [1.807, 2.05) is 26.4 Å². The van der Waals surface area contributed by atoms with Gasteiger partial charge in [-0.15, -0.1) is 0 Å². The highest BCUT2D eigenvalue weighted by molar-refractivity contribution is 5.06. The fraction of sp³-hybridized carbons (Fsp3) is 0.667. The van der Waals surface area contributed by atoms with E-state index in [-0.39, 0.29) is 12.1 Å². The fourth-order valence-electron chi connectivity index (χ4n) is 1.36. The van der Waals surface area contributed by atoms with Gasteiger partial charge in [0.15, 0.2) is 0 Å². The van der Waals surface area contributed by atoms with Crippen LogP contribution in [0.1, 0.15) is 12.5 Å². The van der Waals surface area contributed by atoms with E-state index in [1.54, 1.807) is 11.8 Å². The van der Waals surface area contributed by atoms with Gasteiger partial charge in [0.1, 0.15) is 0 Å². The molecule has 0 aliphatic rings. The molecule has 80 valence electrons. The summed E-state index contributed by atoms with van der Waals surface area (Å²) in [7, 11) is 3.58. The summed E-state index contributed by atoms with van der Waals surface area (Å²) in [5, 5.41) is 4.10. The zero-order chi connectivity index (χ0) is 10.6. The van der Waals surface area contributed by atoms with E-state index in [2.05, 4.69) is 10.5 Å². The van der Waals surface area contributed by atoms with Gasteiger partial charge < -0.3 is 4.74 Å². The molecular formula is C9H18N4O. The van der Waals surface area contributed by atoms with Crippen molar-refractivity contribution in [2.24, 2.45) is 12.9 Å². The Hall–Kier alpha value is -0.910. The van der Waals surface area contributed by atoms with Gasteiger partial charge >= 0.3 is 0 Å². The Balaban J connectivity index is 2.56. The molecule has 5 heteroatoms. The zero-order valence-corrected chi connectivity index (χ0v) is 8.90. The molecule has 0 spiro atoms. The van der Waals surface area contributed by atoms with E-state index >= 15 is 0 Å². The predicted molar refractivity (Wildman–Crippen MR) is 54.5 cm³/mol. The lowest BCUT2D eigenvalue weighted by Crippen LogP contribution is -2.44. The van der Waals surface area contributed by atoms with Gasteiger partial charge in [-0.1, -0.05) is 0 Å². The highest BCUT2D eigenvalue weighted by Gasteiger charge is 2.16. The maximum atomic E-state index is 5.45. The number of hydrazine groups is 1. The Labute approximate surface area is 84.2 Å². The molecule has 5 nitrogen and oxygen atoms in total. The van der Waals surface area contributed by atoms with Crippen LogP contribution in [0.15, 0.2) is 12.4 Å². The third-order valence-electron chi connectivity index (χ3n) is 2.37. The molecule has 0 saturated carbocycles. The third-order valence-corrected chi connectivity index (χ3v) is 2.37. The minimum Gasteiger partial charge on any atom is -0.380 e. The molecule has 3 N–H and O–H groups in total. The van der Waals surface area contributed by atoms with Gasteiger partial charge in [0, 0.05) is 20.4 Å². The summed E-state index contributed by atoms with van der Waals surface area (Å²) in [5.74, 6) is 5.45. The predicted octanol–water partition coefficient (Wildman–Crippen LogP) is -0.171. The summed E-state index contributed by atoms with van der Waals surface area (Å²) in [5.41, 5.74) is 3.90. The maximum Gasteiger partial charge on any atom is 0.0712 e. The van der Waals surface area contributed by atoms with E-state index in [9.17, 15) is 0 Å². The van der Waals surface area contributed by atoms with Crippen LogP contribution in [0.4, 0.5) is 0 Å². The van der Waals surface area contributed by atoms with Gasteiger partial charge in [-0.05, 0) is 18.9 Å². The second-order valence-electron chi connectivity index (χ2n) is 3.44. The minimum atomic E-state index is 0.0835. The summed E-state index contributed by atoms with van der Waals surface area (Å²) in [6.45, 7) is 1.99. The second kappa shape index (κ2) is 5.09. The summed E-state index contributed by atoms with van der Waals surface area (Å²) in [6, 6.07) is 0.115. The van der Waals surface area contributed by atoms with Crippen molar-refractivity contribution in [1.29, 1.82) is 0 Å². The normalized spacial score (nSPS) is 15.4. The zero-order valence-electron chi connectivity index (χ0n) is 8.90. The molecule has 0 saturated heterocycles. The molecule has 0 fully saturated rings. The number of methoxy groups -OCH3 is 1. The number of hydrogen-bond donors (Lipinski definition) is 2. The smallest absolute Gasteiger partial charge is 0.0712 e. The van der Waals surface area contributed by atoms with Crippen LogP contribution >= 0.6 is 0 Å². The van der Waals surface area contributed by atoms with E-state index in [0.29, 0.717) is 0 Å². The fourth-order valence-corrected chi connectivity index (χ4v) is 1.36. The van der Waals surface area contributed by atoms with Crippen LogP contribution in [0.3, 0.4) is 0 Å². The molecule has 0 radical (unpaired) electrons. The molecule has 2 atom stereocenters. The topological polar surface area (TPSA) is 65.1 Å². The van der Waals surface area contributed by atoms with Crippen LogP contribution in [0.2, 0.25) is 0 Å². The number of rotatable bonds is 5. The Bertz CT molecular complexity index is 274. The van der Waals surface area contributed by atoms with E-state index in [1.165, 1.54) is 0 Å². The van der Waals surface area contributed by atoms with Crippen molar-refractivity contribution in [1.82, 2.24) is 15.2 Å². The molecule has 0 amide bonds. The number of aryl methyl sites for hydroxylation is 1. The van der Waals surface area contributed by atoms with Gasteiger partial charge in [0.2, 0.25) is 0 Å². The number of nitrogens with one attached hydrogen (secondary N) is 1. The molecular weight excluding hydrogens is 180 g/mol. The van der Waals surface area contributed by atoms with Crippen LogP contribution < -0.4 is 11.3 Å². The van der Waals surface area contributed by atoms with Gasteiger partial charge in [0.25, 0.3) is 0 Å². The average molecular weight is 198 g/mol. The molecule has 2 unspecified atom stereocenters. The maximum absolute atomic E-state index is 5.45. The molecule has 1 aromatic heterocycles. The van der Waals surface area contributed by atoms with Crippen molar-refractivity contribution in [3.8, 4) is 0 Å². The van der Waals surface area contributed by atoms with Gasteiger partial charge in [-0.2, -0.15) is 5.10 Å². The number of aromatic nitrogens is 2. The molecule has 0 aromatic carbocycles. The lowest BCUT2D eigenvalue weighted by Gasteiger charge is -2.21. The molecule has 1 rings (SSSR count). The Kier molecular flexibility index (Phi) is 4.06. The largest absolute Gasteiger partial charge is 0.380 e. The Morgan fingerprint density at radius 2 is 2.43 bits per heavy atom. The van der Waals surface area contributed by atoms with Crippen LogP contribution in [0.5, 0.6) is 0 Å². The highest BCUT2D eigenvalue weighted by Crippen LogP contribution is 2.06. The first-order chi connectivity index (χ1) is 6.67. The van der Waals surface area contributed by atoms with Crippen LogP contribution in [0.25, 0.3) is 0 Å². The summed E-state index contributed by atoms with van der Waals surface area (Å²) in [6.07, 6.45) is 4.72. The monoisotopic (exact) mass is 198 g/mol. The lowest BCUT2D eigenvalue weighted by molar-refractivity contribution is 0.0831. The molecule has 0 bridgehead atoms. The molecule has 0 aliphatic carbocycles. The van der Waals surface area contributed by atoms with Gasteiger partial charge in [-0.3, -0.25) is 16.0 Å². The van der Waals surface area contributed by atoms with E-state index in [0.717, 1.165) is 12.0 Å². The van der Waals surface area contributed by atoms with Crippen LogP contribution in [-0.4, -0.2) is 29.0 Å². The first-order valence-corrected chi connectivity index (χ1v) is 4.63. The summed E-state index contributed by atoms with van der Waals surface area (Å²) >= 11 is 0. The average Bonchev–Trinajstić information content (AvgIpc) is 2.59. The van der Waals surface area contributed by atoms with Crippen LogP contribution in [0, 0.1) is 0 Å². The summed E-state index contributed by atoms with van der Waals surface area (Å²) in [4.78, 5) is 0. The van der Waals surface area contributed by atoms with E-state index < -0.39 is 0 Å². The first kappa shape index (κ1) is 11.2. The van der Waals surface area contributed by atoms with Crippen molar-refractivity contribution in [3.05, 3.63) is 18.0 Å². The Morgan fingerprint density at radius 1 is 1.71 bits per heavy atom. The first-order valence-electron chi connectivity index (χ1n) is 4.63. The van der Waals surface area contributed by atoms with Crippen molar-refractivity contribution >= 4 is 0 Å². The summed E-state index contributed by atoms with van der Waals surface area (Å²) < 4.78 is 6.99. The van der Waals surface area contributed by atoms with Crippen molar-refractivity contribution < 1.29 is 4.74 Å². The molecule has 14 heavy (non-hydrogen) atoms. The number of nitrogens with zero attached hydrogens (tertiary/aromatic N) is 2. The number of nitrogens with two attached hydrogens (primary N) is 1. The molecule has 1 aromatic rings. The standard InChI is InChI=1S/C9H18N4O/c1-7(14-3)9(12-10)4-8-5-11-13(2)6-8/h5-7,9,12H,4,10H2,1-3H3. The van der Waals surface area contributed by atoms with Crippen molar-refractivity contribution in [2.45, 2.75) is 25.5 Å². The van der Waals surface area contributed by atoms with E-state index in [4.69, 9.17) is 10.6 Å². The van der Waals surface area contributed by atoms with Gasteiger partial charge in [0.05, 0.1) is 18.3 Å². The second-order valence-corrected chi connectivity index (χ2v) is 3.44. The number of ether oxygens (including phenoxy) is 1. The van der Waals surface area contributed by atoms with Gasteiger partial charge in [-0.25, -0.2) is 0 Å².